The number of imidazole rings is 1. The first-order chi connectivity index (χ1) is 17.3. The predicted octanol–water partition coefficient (Wildman–Crippen LogP) is 6.16. The monoisotopic (exact) mass is 482 g/mol. The molecule has 0 saturated carbocycles. The van der Waals surface area contributed by atoms with Crippen molar-refractivity contribution in [1.29, 1.82) is 5.26 Å². The van der Waals surface area contributed by atoms with Crippen LogP contribution in [0.4, 0.5) is 0 Å². The second kappa shape index (κ2) is 11.0. The number of aliphatic imine (C=N–C) groups is 1. The van der Waals surface area contributed by atoms with Crippen molar-refractivity contribution in [2.75, 3.05) is 7.05 Å². The highest BCUT2D eigenvalue weighted by Crippen LogP contribution is 2.42. The molecular formula is C29H34N6O. The molecule has 186 valence electrons. The van der Waals surface area contributed by atoms with Crippen molar-refractivity contribution in [2.45, 2.75) is 47.5 Å². The van der Waals surface area contributed by atoms with Crippen molar-refractivity contribution in [3.05, 3.63) is 89.4 Å². The van der Waals surface area contributed by atoms with Crippen LogP contribution in [-0.2, 0) is 4.74 Å². The van der Waals surface area contributed by atoms with E-state index in [9.17, 15) is 5.26 Å². The van der Waals surface area contributed by atoms with E-state index in [4.69, 9.17) is 10.5 Å². The number of nitriles is 1. The van der Waals surface area contributed by atoms with Crippen molar-refractivity contribution in [2.24, 2.45) is 16.1 Å². The van der Waals surface area contributed by atoms with Gasteiger partial charge in [0.05, 0.1) is 5.92 Å². The number of benzene rings is 1. The lowest BCUT2D eigenvalue weighted by molar-refractivity contribution is 0.283. The number of rotatable bonds is 4. The highest BCUT2D eigenvalue weighted by atomic mass is 16.5. The Bertz CT molecular complexity index is 1330. The molecule has 1 aliphatic heterocycles. The second-order valence-electron chi connectivity index (χ2n) is 9.14. The summed E-state index contributed by atoms with van der Waals surface area (Å²) in [6, 6.07) is 16.1. The molecule has 2 N–H and O–H groups in total. The van der Waals surface area contributed by atoms with Crippen LogP contribution >= 0.6 is 0 Å². The quantitative estimate of drug-likeness (QED) is 0.449. The molecular weight excluding hydrogens is 448 g/mol. The fourth-order valence-electron chi connectivity index (χ4n) is 4.40. The van der Waals surface area contributed by atoms with E-state index >= 15 is 0 Å². The fourth-order valence-corrected chi connectivity index (χ4v) is 4.40. The fraction of sp³-hybridized carbons (Fsp3) is 0.310. The molecule has 1 aliphatic rings. The molecule has 7 heteroatoms. The molecule has 0 amide bonds. The predicted molar refractivity (Wildman–Crippen MR) is 144 cm³/mol. The maximum atomic E-state index is 9.97. The molecule has 4 rings (SSSR count). The normalized spacial score (nSPS) is 16.2. The molecule has 0 aliphatic carbocycles. The average molecular weight is 483 g/mol. The van der Waals surface area contributed by atoms with Gasteiger partial charge in [0.25, 0.3) is 0 Å². The van der Waals surface area contributed by atoms with Crippen molar-refractivity contribution in [3.8, 4) is 23.3 Å². The first kappa shape index (κ1) is 26.4. The van der Waals surface area contributed by atoms with Crippen LogP contribution in [-0.4, -0.2) is 27.3 Å². The third-order valence-electron chi connectivity index (χ3n) is 5.83. The topological polar surface area (TPSA) is 102 Å². The van der Waals surface area contributed by atoms with Crippen molar-refractivity contribution < 1.29 is 4.74 Å². The van der Waals surface area contributed by atoms with Crippen molar-refractivity contribution >= 4 is 5.71 Å². The highest BCUT2D eigenvalue weighted by Gasteiger charge is 2.37. The molecule has 1 unspecified atom stereocenters. The molecule has 3 heterocycles. The van der Waals surface area contributed by atoms with Gasteiger partial charge >= 0.3 is 0 Å². The van der Waals surface area contributed by atoms with E-state index < -0.39 is 0 Å². The standard InChI is InChI=1S/C27H28N6O.C2H6/c1-17-22(24(30-5)27(2,3)4)23(20(16-28)25(29)34-17)18-9-11-19(12-10-18)33-15-14-32-26(33)21-8-6-7-13-31-21;1-2/h6-15,23H,29H2,1-5H3;1-2H3. The largest absolute Gasteiger partial charge is 0.445 e. The molecule has 0 saturated heterocycles. The van der Waals surface area contributed by atoms with Crippen LogP contribution in [0.1, 0.15) is 53.0 Å². The Morgan fingerprint density at radius 3 is 2.33 bits per heavy atom. The zero-order valence-electron chi connectivity index (χ0n) is 22.1. The van der Waals surface area contributed by atoms with Crippen LogP contribution in [0.3, 0.4) is 0 Å². The van der Waals surface area contributed by atoms with Crippen LogP contribution in [0, 0.1) is 16.7 Å². The summed E-state index contributed by atoms with van der Waals surface area (Å²) in [6.07, 6.45) is 5.41. The zero-order chi connectivity index (χ0) is 26.5. The first-order valence-electron chi connectivity index (χ1n) is 12.1. The summed E-state index contributed by atoms with van der Waals surface area (Å²) in [7, 11) is 1.77. The van der Waals surface area contributed by atoms with E-state index in [0.29, 0.717) is 11.3 Å². The molecule has 3 aromatic rings. The van der Waals surface area contributed by atoms with E-state index in [1.807, 2.05) is 74.0 Å². The summed E-state index contributed by atoms with van der Waals surface area (Å²) >= 11 is 0. The van der Waals surface area contributed by atoms with Gasteiger partial charge in [0.1, 0.15) is 23.1 Å². The number of allylic oxidation sites excluding steroid dienone is 3. The van der Waals surface area contributed by atoms with Gasteiger partial charge in [0, 0.05) is 48.0 Å². The van der Waals surface area contributed by atoms with Gasteiger partial charge < -0.3 is 10.5 Å². The maximum Gasteiger partial charge on any atom is 0.205 e. The lowest BCUT2D eigenvalue weighted by Crippen LogP contribution is -2.31. The summed E-state index contributed by atoms with van der Waals surface area (Å²) in [5.74, 6) is 1.18. The van der Waals surface area contributed by atoms with Gasteiger partial charge in [-0.25, -0.2) is 4.98 Å². The summed E-state index contributed by atoms with van der Waals surface area (Å²) in [5, 5.41) is 9.97. The molecule has 1 aromatic carbocycles. The Hall–Kier alpha value is -4.18. The van der Waals surface area contributed by atoms with Gasteiger partial charge in [-0.1, -0.05) is 52.8 Å². The molecule has 0 fully saturated rings. The smallest absolute Gasteiger partial charge is 0.205 e. The van der Waals surface area contributed by atoms with Crippen molar-refractivity contribution in [3.63, 3.8) is 0 Å². The van der Waals surface area contributed by atoms with Gasteiger partial charge in [0.15, 0.2) is 5.82 Å². The lowest BCUT2D eigenvalue weighted by atomic mass is 9.74. The van der Waals surface area contributed by atoms with Crippen LogP contribution in [0.2, 0.25) is 0 Å². The highest BCUT2D eigenvalue weighted by molar-refractivity contribution is 6.06. The molecule has 1 atom stereocenters. The van der Waals surface area contributed by atoms with Gasteiger partial charge in [-0.05, 0) is 36.8 Å². The van der Waals surface area contributed by atoms with Crippen LogP contribution in [0.15, 0.2) is 88.8 Å². The number of hydrogen-bond acceptors (Lipinski definition) is 6. The Labute approximate surface area is 213 Å². The SMILES string of the molecule is CC.CN=C(C1=C(C)OC(N)=C(C#N)C1c1ccc(-n2ccnc2-c2ccccn2)cc1)C(C)(C)C. The Balaban J connectivity index is 0.00000176. The third kappa shape index (κ3) is 5.08. The Morgan fingerprint density at radius 1 is 1.08 bits per heavy atom. The summed E-state index contributed by atoms with van der Waals surface area (Å²) in [5.41, 5.74) is 10.7. The van der Waals surface area contributed by atoms with E-state index in [1.54, 1.807) is 19.4 Å². The minimum Gasteiger partial charge on any atom is -0.445 e. The molecule has 36 heavy (non-hydrogen) atoms. The van der Waals surface area contributed by atoms with Gasteiger partial charge in [-0.3, -0.25) is 14.5 Å². The number of pyridine rings is 1. The van der Waals surface area contributed by atoms with Gasteiger partial charge in [-0.2, -0.15) is 5.26 Å². The van der Waals surface area contributed by atoms with E-state index in [0.717, 1.165) is 34.1 Å². The molecule has 0 spiro atoms. The Kier molecular flexibility index (Phi) is 8.11. The lowest BCUT2D eigenvalue weighted by Gasteiger charge is -2.33. The number of hydrogen-bond donors (Lipinski definition) is 1. The first-order valence-corrected chi connectivity index (χ1v) is 12.1. The third-order valence-corrected chi connectivity index (χ3v) is 5.83. The van der Waals surface area contributed by atoms with E-state index in [2.05, 4.69) is 41.8 Å². The van der Waals surface area contributed by atoms with Crippen LogP contribution in [0.25, 0.3) is 17.2 Å². The minimum absolute atomic E-state index is 0.134. The summed E-state index contributed by atoms with van der Waals surface area (Å²) in [6.45, 7) is 12.2. The van der Waals surface area contributed by atoms with Crippen LogP contribution in [0.5, 0.6) is 0 Å². The zero-order valence-corrected chi connectivity index (χ0v) is 22.1. The number of ether oxygens (including phenoxy) is 1. The number of aromatic nitrogens is 3. The Morgan fingerprint density at radius 2 is 1.78 bits per heavy atom. The maximum absolute atomic E-state index is 9.97. The average Bonchev–Trinajstić information content (AvgIpc) is 3.37. The molecule has 2 aromatic heterocycles. The van der Waals surface area contributed by atoms with E-state index in [-0.39, 0.29) is 17.2 Å². The molecule has 7 nitrogen and oxygen atoms in total. The van der Waals surface area contributed by atoms with Crippen LogP contribution < -0.4 is 5.73 Å². The minimum atomic E-state index is -0.372. The number of nitrogens with zero attached hydrogens (tertiary/aromatic N) is 5. The second-order valence-corrected chi connectivity index (χ2v) is 9.14. The molecule has 0 radical (unpaired) electrons. The summed E-state index contributed by atoms with van der Waals surface area (Å²) < 4.78 is 7.78. The summed E-state index contributed by atoms with van der Waals surface area (Å²) in [4.78, 5) is 13.5. The number of nitrogens with two attached hydrogens (primary N) is 1. The van der Waals surface area contributed by atoms with E-state index in [1.165, 1.54) is 0 Å². The van der Waals surface area contributed by atoms with Gasteiger partial charge in [-0.15, -0.1) is 0 Å². The van der Waals surface area contributed by atoms with Crippen molar-refractivity contribution in [1.82, 2.24) is 14.5 Å². The van der Waals surface area contributed by atoms with Gasteiger partial charge in [0.2, 0.25) is 5.88 Å². The molecule has 0 bridgehead atoms.